The Morgan fingerprint density at radius 2 is 0.882 bits per heavy atom. The van der Waals surface area contributed by atoms with Crippen molar-refractivity contribution in [2.24, 2.45) is 10.8 Å². The van der Waals surface area contributed by atoms with Gasteiger partial charge in [0.05, 0.1) is 92.2 Å². The molecule has 0 rings (SSSR count). The largest absolute Gasteiger partial charge is 0.378 e. The summed E-state index contributed by atoms with van der Waals surface area (Å²) in [5.41, 5.74) is 13.6. The van der Waals surface area contributed by atoms with Gasteiger partial charge in [0.25, 0.3) is 0 Å². The van der Waals surface area contributed by atoms with E-state index in [4.69, 9.17) is 34.9 Å². The molecule has 0 saturated heterocycles. The zero-order chi connectivity index (χ0) is 38.4. The number of Topliss-reactive ketones (excluding diaryl/α,β-unsaturated/α-hetero) is 1. The predicted octanol–water partition coefficient (Wildman–Crippen LogP) is -1.63. The van der Waals surface area contributed by atoms with Crippen molar-refractivity contribution in [1.82, 2.24) is 24.5 Å². The number of carbonyl (C=O) groups is 6. The van der Waals surface area contributed by atoms with Crippen LogP contribution in [0.15, 0.2) is 5.11 Å². The molecule has 292 valence electrons. The number of ketones is 1. The number of azide groups is 1. The lowest BCUT2D eigenvalue weighted by Crippen LogP contribution is -2.48. The van der Waals surface area contributed by atoms with E-state index < -0.39 is 29.5 Å². The molecule has 51 heavy (non-hydrogen) atoms. The summed E-state index contributed by atoms with van der Waals surface area (Å²) in [6, 6.07) is 0. The van der Waals surface area contributed by atoms with Crippen LogP contribution in [-0.2, 0) is 52.5 Å². The van der Waals surface area contributed by atoms with Gasteiger partial charge in [-0.25, -0.2) is 0 Å². The van der Waals surface area contributed by atoms with Gasteiger partial charge in [-0.05, 0) is 18.4 Å². The van der Waals surface area contributed by atoms with Gasteiger partial charge < -0.3 is 53.9 Å². The third kappa shape index (κ3) is 24.8. The van der Waals surface area contributed by atoms with E-state index in [-0.39, 0.29) is 64.7 Å². The molecule has 0 aliphatic carbocycles. The number of hydrogen-bond donors (Lipinski definition) is 1. The molecule has 0 unspecified atom stereocenters. The molecule has 2 N–H and O–H groups in total. The molecular formula is C31H57N9O11. The molecule has 0 fully saturated rings. The standard InChI is InChI=1S/C31H57N9O11/c1-36(20-26(41)8-6-7-10-34-35-33)27(42)21-37(2)28(43)22-38(3)29(44)23-39(4)30(45)24-40(5)31(46)25-51-19-18-50-17-16-49-15-14-48-13-12-47-11-9-32/h6-25,32H2,1-5H3. The second kappa shape index (κ2) is 29.8. The minimum absolute atomic E-state index is 0.119. The van der Waals surface area contributed by atoms with Crippen LogP contribution in [0.3, 0.4) is 0 Å². The fourth-order valence-corrected chi connectivity index (χ4v) is 3.86. The van der Waals surface area contributed by atoms with E-state index in [1.165, 1.54) is 45.0 Å². The highest BCUT2D eigenvalue weighted by atomic mass is 16.6. The quantitative estimate of drug-likeness (QED) is 0.0366. The maximum atomic E-state index is 12.7. The Kier molecular flexibility index (Phi) is 27.5. The molecule has 5 amide bonds. The lowest BCUT2D eigenvalue weighted by Gasteiger charge is -2.26. The first-order valence-corrected chi connectivity index (χ1v) is 16.6. The molecule has 0 aromatic heterocycles. The third-order valence-corrected chi connectivity index (χ3v) is 7.03. The van der Waals surface area contributed by atoms with Crippen LogP contribution in [0.2, 0.25) is 0 Å². The second-order valence-corrected chi connectivity index (χ2v) is 11.5. The fraction of sp³-hybridized carbons (Fsp3) is 0.806. The second-order valence-electron chi connectivity index (χ2n) is 11.5. The highest BCUT2D eigenvalue weighted by Gasteiger charge is 2.23. The van der Waals surface area contributed by atoms with Crippen LogP contribution < -0.4 is 5.73 Å². The molecule has 0 aromatic rings. The van der Waals surface area contributed by atoms with Crippen LogP contribution in [0.5, 0.6) is 0 Å². The van der Waals surface area contributed by atoms with Gasteiger partial charge in [0, 0.05) is 59.7 Å². The Morgan fingerprint density at radius 3 is 1.27 bits per heavy atom. The summed E-state index contributed by atoms with van der Waals surface area (Å²) in [6.45, 7) is 2.61. The molecule has 0 atom stereocenters. The lowest BCUT2D eigenvalue weighted by atomic mass is 10.1. The van der Waals surface area contributed by atoms with Crippen LogP contribution >= 0.6 is 0 Å². The Morgan fingerprint density at radius 1 is 0.529 bits per heavy atom. The molecule has 0 aliphatic heterocycles. The van der Waals surface area contributed by atoms with Gasteiger partial charge >= 0.3 is 0 Å². The topological polar surface area (TPSA) is 240 Å². The highest BCUT2D eigenvalue weighted by Crippen LogP contribution is 2.01. The number of ether oxygens (including phenoxy) is 5. The normalized spacial score (nSPS) is 10.6. The number of unbranched alkanes of at least 4 members (excludes halogenated alkanes) is 1. The first-order chi connectivity index (χ1) is 24.3. The first kappa shape index (κ1) is 47.1. The Balaban J connectivity index is 4.23. The molecule has 0 saturated carbocycles. The van der Waals surface area contributed by atoms with Crippen LogP contribution in [0, 0.1) is 0 Å². The van der Waals surface area contributed by atoms with Crippen molar-refractivity contribution < 1.29 is 52.5 Å². The summed E-state index contributed by atoms with van der Waals surface area (Å²) in [7, 11) is 7.10. The average molecular weight is 732 g/mol. The molecule has 0 bridgehead atoms. The first-order valence-electron chi connectivity index (χ1n) is 16.6. The van der Waals surface area contributed by atoms with Crippen molar-refractivity contribution in [1.29, 1.82) is 0 Å². The number of amides is 5. The van der Waals surface area contributed by atoms with E-state index >= 15 is 0 Å². The summed E-state index contributed by atoms with van der Waals surface area (Å²) in [5.74, 6) is -2.58. The number of carbonyl (C=O) groups excluding carboxylic acids is 6. The third-order valence-electron chi connectivity index (χ3n) is 7.03. The summed E-state index contributed by atoms with van der Waals surface area (Å²) < 4.78 is 26.6. The van der Waals surface area contributed by atoms with Crippen molar-refractivity contribution in [3.05, 3.63) is 10.4 Å². The molecule has 0 radical (unpaired) electrons. The monoisotopic (exact) mass is 731 g/mol. The van der Waals surface area contributed by atoms with E-state index in [9.17, 15) is 28.8 Å². The summed E-state index contributed by atoms with van der Waals surface area (Å²) in [5, 5.41) is 3.40. The minimum atomic E-state index is -0.526. The average Bonchev–Trinajstić information content (AvgIpc) is 3.09. The highest BCUT2D eigenvalue weighted by molar-refractivity contribution is 5.92. The van der Waals surface area contributed by atoms with Crippen LogP contribution in [0.25, 0.3) is 10.4 Å². The summed E-state index contributed by atoms with van der Waals surface area (Å²) >= 11 is 0. The number of likely N-dealkylation sites (N-methyl/N-ethyl adjacent to an activating group) is 5. The van der Waals surface area contributed by atoms with E-state index in [0.717, 1.165) is 14.7 Å². The zero-order valence-corrected chi connectivity index (χ0v) is 30.8. The van der Waals surface area contributed by atoms with Gasteiger partial charge in [-0.1, -0.05) is 5.11 Å². The Bertz CT molecular complexity index is 1110. The molecule has 0 aliphatic rings. The number of nitrogens with zero attached hydrogens (tertiary/aromatic N) is 8. The van der Waals surface area contributed by atoms with Crippen LogP contribution in [0.4, 0.5) is 0 Å². The van der Waals surface area contributed by atoms with Crippen molar-refractivity contribution in [3.63, 3.8) is 0 Å². The van der Waals surface area contributed by atoms with E-state index in [1.54, 1.807) is 0 Å². The van der Waals surface area contributed by atoms with E-state index in [1.807, 2.05) is 0 Å². The Labute approximate surface area is 299 Å². The van der Waals surface area contributed by atoms with Crippen LogP contribution in [0.1, 0.15) is 19.3 Å². The van der Waals surface area contributed by atoms with Gasteiger partial charge in [0.2, 0.25) is 29.5 Å². The molecule has 20 nitrogen and oxygen atoms in total. The minimum Gasteiger partial charge on any atom is -0.378 e. The molecule has 0 aromatic carbocycles. The van der Waals surface area contributed by atoms with Crippen molar-refractivity contribution in [2.45, 2.75) is 19.3 Å². The lowest BCUT2D eigenvalue weighted by molar-refractivity contribution is -0.145. The number of nitrogens with two attached hydrogens (primary N) is 1. The van der Waals surface area contributed by atoms with Crippen molar-refractivity contribution in [3.8, 4) is 0 Å². The predicted molar refractivity (Wildman–Crippen MR) is 184 cm³/mol. The molecule has 20 heteroatoms. The Hall–Kier alpha value is -3.91. The van der Waals surface area contributed by atoms with Gasteiger partial charge in [-0.3, -0.25) is 28.8 Å². The van der Waals surface area contributed by atoms with Gasteiger partial charge in [-0.2, -0.15) is 0 Å². The summed E-state index contributed by atoms with van der Waals surface area (Å²) in [6.07, 6.45) is 1.33. The van der Waals surface area contributed by atoms with Crippen molar-refractivity contribution in [2.75, 3.05) is 147 Å². The van der Waals surface area contributed by atoms with Crippen molar-refractivity contribution >= 4 is 35.3 Å². The molecular weight excluding hydrogens is 674 g/mol. The SMILES string of the molecule is CN(CC(=O)CCCCN=[N+]=[N-])C(=O)CN(C)C(=O)CN(C)C(=O)CN(C)C(=O)CN(C)C(=O)COCCOCCOCCOCCOCCN. The van der Waals surface area contributed by atoms with Gasteiger partial charge in [0.15, 0.2) is 5.78 Å². The zero-order valence-electron chi connectivity index (χ0n) is 30.8. The van der Waals surface area contributed by atoms with Gasteiger partial charge in [-0.15, -0.1) is 0 Å². The van der Waals surface area contributed by atoms with E-state index in [0.29, 0.717) is 72.2 Å². The van der Waals surface area contributed by atoms with Crippen LogP contribution in [-0.4, -0.2) is 207 Å². The maximum absolute atomic E-state index is 12.7. The maximum Gasteiger partial charge on any atom is 0.248 e. The fourth-order valence-electron chi connectivity index (χ4n) is 3.86. The summed E-state index contributed by atoms with van der Waals surface area (Å²) in [4.78, 5) is 83.4. The number of rotatable bonds is 31. The van der Waals surface area contributed by atoms with E-state index in [2.05, 4.69) is 10.0 Å². The molecule has 0 spiro atoms. The van der Waals surface area contributed by atoms with Gasteiger partial charge in [0.1, 0.15) is 6.61 Å². The smallest absolute Gasteiger partial charge is 0.248 e. The number of hydrogen-bond acceptors (Lipinski definition) is 13. The molecule has 0 heterocycles.